The zero-order valence-corrected chi connectivity index (χ0v) is 11.6. The minimum Gasteiger partial charge on any atom is -0.302 e. The number of nitrogens with one attached hydrogen (secondary N) is 1. The second-order valence-corrected chi connectivity index (χ2v) is 6.32. The van der Waals surface area contributed by atoms with Gasteiger partial charge in [-0.15, -0.1) is 11.3 Å². The summed E-state index contributed by atoms with van der Waals surface area (Å²) in [5, 5.41) is 7.67. The molecule has 3 nitrogen and oxygen atoms in total. The van der Waals surface area contributed by atoms with E-state index in [9.17, 15) is 4.79 Å². The van der Waals surface area contributed by atoms with E-state index in [4.69, 9.17) is 0 Å². The number of thiophene rings is 1. The molecule has 1 N–H and O–H groups in total. The lowest BCUT2D eigenvalue weighted by Crippen LogP contribution is -2.13. The third-order valence-corrected chi connectivity index (χ3v) is 4.84. The summed E-state index contributed by atoms with van der Waals surface area (Å²) >= 11 is 3.25. The highest BCUT2D eigenvalue weighted by molar-refractivity contribution is 7.15. The number of anilines is 1. The second kappa shape index (κ2) is 5.20. The van der Waals surface area contributed by atoms with Gasteiger partial charge in [-0.3, -0.25) is 4.79 Å². The van der Waals surface area contributed by atoms with E-state index >= 15 is 0 Å². The lowest BCUT2D eigenvalue weighted by atomic mass is 10.0. The fraction of sp³-hybridized carbons (Fsp3) is 0.385. The molecule has 0 spiro atoms. The zero-order valence-electron chi connectivity index (χ0n) is 9.94. The van der Waals surface area contributed by atoms with E-state index in [0.717, 1.165) is 23.5 Å². The summed E-state index contributed by atoms with van der Waals surface area (Å²) in [7, 11) is 0. The molecule has 18 heavy (non-hydrogen) atoms. The summed E-state index contributed by atoms with van der Waals surface area (Å²) in [6.45, 7) is 0. The number of carbonyl (C=O) groups is 1. The molecular weight excluding hydrogens is 264 g/mol. The van der Waals surface area contributed by atoms with E-state index in [0.29, 0.717) is 6.42 Å². The van der Waals surface area contributed by atoms with Crippen LogP contribution in [0.1, 0.15) is 29.0 Å². The number of fused-ring (bicyclic) bond motifs is 1. The van der Waals surface area contributed by atoms with Gasteiger partial charge in [0.05, 0.1) is 12.1 Å². The molecule has 2 aromatic heterocycles. The first-order chi connectivity index (χ1) is 8.81. The molecule has 1 aliphatic carbocycles. The number of carbonyl (C=O) groups excluding carboxylic acids is 1. The Morgan fingerprint density at radius 2 is 2.28 bits per heavy atom. The standard InChI is InChI=1S/C13H14N2OS2/c16-12(7-9-5-6-17-8-9)15-13-14-10-3-1-2-4-11(10)18-13/h5-6,8H,1-4,7H2,(H,14,15,16). The van der Waals surface area contributed by atoms with Crippen molar-refractivity contribution in [2.45, 2.75) is 32.1 Å². The summed E-state index contributed by atoms with van der Waals surface area (Å²) in [4.78, 5) is 17.7. The maximum atomic E-state index is 11.9. The van der Waals surface area contributed by atoms with Crippen molar-refractivity contribution >= 4 is 33.7 Å². The minimum atomic E-state index is 0.0273. The fourth-order valence-electron chi connectivity index (χ4n) is 2.15. The molecule has 0 fully saturated rings. The number of aromatic nitrogens is 1. The van der Waals surface area contributed by atoms with Crippen molar-refractivity contribution in [3.63, 3.8) is 0 Å². The molecule has 0 atom stereocenters. The molecule has 0 aliphatic heterocycles. The third kappa shape index (κ3) is 2.62. The highest BCUT2D eigenvalue weighted by Crippen LogP contribution is 2.29. The van der Waals surface area contributed by atoms with Gasteiger partial charge in [-0.1, -0.05) is 0 Å². The number of aryl methyl sites for hydroxylation is 2. The maximum absolute atomic E-state index is 11.9. The molecular formula is C13H14N2OS2. The Morgan fingerprint density at radius 3 is 3.06 bits per heavy atom. The van der Waals surface area contributed by atoms with Gasteiger partial charge in [-0.25, -0.2) is 4.98 Å². The molecule has 94 valence electrons. The molecule has 0 unspecified atom stereocenters. The van der Waals surface area contributed by atoms with E-state index in [1.165, 1.54) is 23.4 Å². The first kappa shape index (κ1) is 11.9. The number of rotatable bonds is 3. The molecule has 0 radical (unpaired) electrons. The van der Waals surface area contributed by atoms with Gasteiger partial charge in [0.15, 0.2) is 5.13 Å². The molecule has 5 heteroatoms. The van der Waals surface area contributed by atoms with Crippen LogP contribution in [0, 0.1) is 0 Å². The number of hydrogen-bond donors (Lipinski definition) is 1. The molecule has 0 saturated carbocycles. The van der Waals surface area contributed by atoms with E-state index in [1.807, 2.05) is 16.8 Å². The summed E-state index contributed by atoms with van der Waals surface area (Å²) in [5.41, 5.74) is 2.26. The minimum absolute atomic E-state index is 0.0273. The van der Waals surface area contributed by atoms with Crippen molar-refractivity contribution < 1.29 is 4.79 Å². The molecule has 2 heterocycles. The average Bonchev–Trinajstić information content (AvgIpc) is 2.96. The van der Waals surface area contributed by atoms with Crippen LogP contribution in [0.15, 0.2) is 16.8 Å². The van der Waals surface area contributed by atoms with Crippen molar-refractivity contribution in [2.24, 2.45) is 0 Å². The van der Waals surface area contributed by atoms with Crippen LogP contribution in [-0.4, -0.2) is 10.9 Å². The maximum Gasteiger partial charge on any atom is 0.230 e. The normalized spacial score (nSPS) is 14.2. The highest BCUT2D eigenvalue weighted by atomic mass is 32.1. The monoisotopic (exact) mass is 278 g/mol. The van der Waals surface area contributed by atoms with Crippen LogP contribution in [0.3, 0.4) is 0 Å². The van der Waals surface area contributed by atoms with Crippen molar-refractivity contribution in [3.8, 4) is 0 Å². The topological polar surface area (TPSA) is 42.0 Å². The van der Waals surface area contributed by atoms with Crippen molar-refractivity contribution in [2.75, 3.05) is 5.32 Å². The first-order valence-corrected chi connectivity index (χ1v) is 7.87. The first-order valence-electron chi connectivity index (χ1n) is 6.11. The quantitative estimate of drug-likeness (QED) is 0.936. The SMILES string of the molecule is O=C(Cc1ccsc1)Nc1nc2c(s1)CCCC2. The van der Waals surface area contributed by atoms with Crippen molar-refractivity contribution in [1.82, 2.24) is 4.98 Å². The van der Waals surface area contributed by atoms with Crippen LogP contribution in [0.2, 0.25) is 0 Å². The molecule has 1 amide bonds. The number of amides is 1. The summed E-state index contributed by atoms with van der Waals surface area (Å²) < 4.78 is 0. The largest absolute Gasteiger partial charge is 0.302 e. The van der Waals surface area contributed by atoms with Gasteiger partial charge in [0, 0.05) is 4.88 Å². The third-order valence-electron chi connectivity index (χ3n) is 3.04. The second-order valence-electron chi connectivity index (χ2n) is 4.45. The predicted molar refractivity (Wildman–Crippen MR) is 75.4 cm³/mol. The van der Waals surface area contributed by atoms with Gasteiger partial charge < -0.3 is 5.32 Å². The van der Waals surface area contributed by atoms with Crippen LogP contribution in [0.5, 0.6) is 0 Å². The lowest BCUT2D eigenvalue weighted by molar-refractivity contribution is -0.115. The summed E-state index contributed by atoms with van der Waals surface area (Å²) in [6, 6.07) is 1.98. The molecule has 2 aromatic rings. The van der Waals surface area contributed by atoms with Crippen LogP contribution in [0.25, 0.3) is 0 Å². The number of nitrogens with zero attached hydrogens (tertiary/aromatic N) is 1. The van der Waals surface area contributed by atoms with Gasteiger partial charge in [0.25, 0.3) is 0 Å². The Bertz CT molecular complexity index is 522. The van der Waals surface area contributed by atoms with Crippen LogP contribution >= 0.6 is 22.7 Å². The zero-order chi connectivity index (χ0) is 12.4. The summed E-state index contributed by atoms with van der Waals surface area (Å²) in [5.74, 6) is 0.0273. The van der Waals surface area contributed by atoms with E-state index in [1.54, 1.807) is 22.7 Å². The highest BCUT2D eigenvalue weighted by Gasteiger charge is 2.16. The summed E-state index contributed by atoms with van der Waals surface area (Å²) in [6.07, 6.45) is 5.09. The predicted octanol–water partition coefficient (Wildman–Crippen LogP) is 3.26. The Kier molecular flexibility index (Phi) is 3.43. The lowest BCUT2D eigenvalue weighted by Gasteiger charge is -2.06. The van der Waals surface area contributed by atoms with Gasteiger partial charge >= 0.3 is 0 Å². The molecule has 0 saturated heterocycles. The molecule has 1 aliphatic rings. The van der Waals surface area contributed by atoms with Crippen LogP contribution < -0.4 is 5.32 Å². The number of hydrogen-bond acceptors (Lipinski definition) is 4. The molecule has 3 rings (SSSR count). The van der Waals surface area contributed by atoms with E-state index in [2.05, 4.69) is 10.3 Å². The Morgan fingerprint density at radius 1 is 1.39 bits per heavy atom. The Hall–Kier alpha value is -1.20. The van der Waals surface area contributed by atoms with Gasteiger partial charge in [0.1, 0.15) is 0 Å². The number of thiazole rings is 1. The van der Waals surface area contributed by atoms with Crippen molar-refractivity contribution in [1.29, 1.82) is 0 Å². The van der Waals surface area contributed by atoms with Gasteiger partial charge in [-0.05, 0) is 48.1 Å². The van der Waals surface area contributed by atoms with Gasteiger partial charge in [-0.2, -0.15) is 11.3 Å². The smallest absolute Gasteiger partial charge is 0.230 e. The van der Waals surface area contributed by atoms with E-state index < -0.39 is 0 Å². The molecule has 0 aromatic carbocycles. The molecule has 0 bridgehead atoms. The average molecular weight is 278 g/mol. The van der Waals surface area contributed by atoms with Crippen LogP contribution in [-0.2, 0) is 24.1 Å². The Labute approximate surface area is 114 Å². The van der Waals surface area contributed by atoms with Crippen LogP contribution in [0.4, 0.5) is 5.13 Å². The van der Waals surface area contributed by atoms with E-state index in [-0.39, 0.29) is 5.91 Å². The van der Waals surface area contributed by atoms with Crippen molar-refractivity contribution in [3.05, 3.63) is 33.0 Å². The van der Waals surface area contributed by atoms with Gasteiger partial charge in [0.2, 0.25) is 5.91 Å². The fourth-order valence-corrected chi connectivity index (χ4v) is 3.88. The Balaban J connectivity index is 1.65.